The van der Waals surface area contributed by atoms with Crippen LogP contribution in [0.2, 0.25) is 0 Å². The van der Waals surface area contributed by atoms with Crippen molar-refractivity contribution < 1.29 is 4.79 Å². The maximum absolute atomic E-state index is 13.0. The number of anilines is 3. The third-order valence-electron chi connectivity index (χ3n) is 4.44. The van der Waals surface area contributed by atoms with Crippen LogP contribution in [0.3, 0.4) is 0 Å². The Kier molecular flexibility index (Phi) is 4.72. The number of hydrogen-bond acceptors (Lipinski definition) is 4. The van der Waals surface area contributed by atoms with Gasteiger partial charge in [0.15, 0.2) is 0 Å². The van der Waals surface area contributed by atoms with Crippen LogP contribution < -0.4 is 10.6 Å². The van der Waals surface area contributed by atoms with Crippen LogP contribution in [-0.2, 0) is 0 Å². The summed E-state index contributed by atoms with van der Waals surface area (Å²) in [5, 5.41) is 8.29. The molecule has 4 rings (SSSR count). The number of benzene rings is 3. The summed E-state index contributed by atoms with van der Waals surface area (Å²) in [6.45, 7) is 3.83. The summed E-state index contributed by atoms with van der Waals surface area (Å²) in [5.74, 6) is 0.284. The molecule has 4 aromatic rings. The minimum Gasteiger partial charge on any atom is -0.323 e. The topological polar surface area (TPSA) is 66.9 Å². The number of amides is 1. The molecule has 0 radical (unpaired) electrons. The maximum atomic E-state index is 13.0. The van der Waals surface area contributed by atoms with E-state index in [9.17, 15) is 4.79 Å². The van der Waals surface area contributed by atoms with Crippen molar-refractivity contribution in [1.29, 1.82) is 0 Å². The van der Waals surface area contributed by atoms with Gasteiger partial charge in [0.05, 0.1) is 11.3 Å². The SMILES string of the molecule is Cc1cc(C)nc(Nc2ccccc2C(=O)Nc2cccc3ccccc23)n1. The zero-order valence-electron chi connectivity index (χ0n) is 15.7. The lowest BCUT2D eigenvalue weighted by Crippen LogP contribution is -2.14. The van der Waals surface area contributed by atoms with E-state index in [0.29, 0.717) is 17.2 Å². The van der Waals surface area contributed by atoms with Crippen LogP contribution in [-0.4, -0.2) is 15.9 Å². The summed E-state index contributed by atoms with van der Waals surface area (Å²) in [6.07, 6.45) is 0. The molecule has 28 heavy (non-hydrogen) atoms. The lowest BCUT2D eigenvalue weighted by molar-refractivity contribution is 0.102. The lowest BCUT2D eigenvalue weighted by atomic mass is 10.1. The number of aromatic nitrogens is 2. The Bertz CT molecular complexity index is 1140. The molecule has 138 valence electrons. The van der Waals surface area contributed by atoms with Crippen molar-refractivity contribution in [3.63, 3.8) is 0 Å². The Labute approximate surface area is 163 Å². The molecule has 0 unspecified atom stereocenters. The Morgan fingerprint density at radius 2 is 1.43 bits per heavy atom. The molecular formula is C23H20N4O. The molecule has 5 heteroatoms. The molecule has 0 saturated heterocycles. The van der Waals surface area contributed by atoms with Crippen molar-refractivity contribution in [3.05, 3.63) is 89.7 Å². The standard InChI is InChI=1S/C23H20N4O/c1-15-14-16(2)25-23(24-15)27-21-12-6-5-11-19(21)22(28)26-20-13-7-9-17-8-3-4-10-18(17)20/h3-14H,1-2H3,(H,26,28)(H,24,25,27). The number of hydrogen-bond donors (Lipinski definition) is 2. The molecule has 1 aromatic heterocycles. The fraction of sp³-hybridized carbons (Fsp3) is 0.0870. The average Bonchev–Trinajstić information content (AvgIpc) is 2.68. The number of carbonyl (C=O) groups excluding carboxylic acids is 1. The van der Waals surface area contributed by atoms with Gasteiger partial charge >= 0.3 is 0 Å². The van der Waals surface area contributed by atoms with Crippen LogP contribution in [0.4, 0.5) is 17.3 Å². The lowest BCUT2D eigenvalue weighted by Gasteiger charge is -2.13. The highest BCUT2D eigenvalue weighted by atomic mass is 16.1. The van der Waals surface area contributed by atoms with Crippen molar-refractivity contribution in [3.8, 4) is 0 Å². The molecule has 0 bridgehead atoms. The fourth-order valence-electron chi connectivity index (χ4n) is 3.22. The molecule has 0 saturated carbocycles. The number of nitrogens with one attached hydrogen (secondary N) is 2. The van der Waals surface area contributed by atoms with Crippen molar-refractivity contribution >= 4 is 34.0 Å². The number of aryl methyl sites for hydroxylation is 2. The Hall–Kier alpha value is -3.73. The quantitative estimate of drug-likeness (QED) is 0.517. The Balaban J connectivity index is 1.65. The van der Waals surface area contributed by atoms with Crippen molar-refractivity contribution in [2.45, 2.75) is 13.8 Å². The van der Waals surface area contributed by atoms with Gasteiger partial charge in [0.1, 0.15) is 0 Å². The maximum Gasteiger partial charge on any atom is 0.257 e. The fourth-order valence-corrected chi connectivity index (χ4v) is 3.22. The molecule has 0 fully saturated rings. The summed E-state index contributed by atoms with van der Waals surface area (Å²) in [6, 6.07) is 23.1. The third kappa shape index (κ3) is 3.69. The second kappa shape index (κ2) is 7.48. The van der Waals surface area contributed by atoms with E-state index >= 15 is 0 Å². The van der Waals surface area contributed by atoms with Gasteiger partial charge in [0.2, 0.25) is 5.95 Å². The van der Waals surface area contributed by atoms with Gasteiger partial charge < -0.3 is 10.6 Å². The summed E-state index contributed by atoms with van der Waals surface area (Å²) in [7, 11) is 0. The highest BCUT2D eigenvalue weighted by Gasteiger charge is 2.13. The van der Waals surface area contributed by atoms with Gasteiger partial charge in [-0.3, -0.25) is 4.79 Å². The predicted molar refractivity (Wildman–Crippen MR) is 113 cm³/mol. The van der Waals surface area contributed by atoms with Crippen LogP contribution in [0.5, 0.6) is 0 Å². The van der Waals surface area contributed by atoms with Crippen molar-refractivity contribution in [2.24, 2.45) is 0 Å². The van der Waals surface area contributed by atoms with Gasteiger partial charge in [-0.1, -0.05) is 48.5 Å². The summed E-state index contributed by atoms with van der Waals surface area (Å²) >= 11 is 0. The van der Waals surface area contributed by atoms with Gasteiger partial charge in [0.25, 0.3) is 5.91 Å². The summed E-state index contributed by atoms with van der Waals surface area (Å²) < 4.78 is 0. The van der Waals surface area contributed by atoms with Gasteiger partial charge in [-0.05, 0) is 43.5 Å². The smallest absolute Gasteiger partial charge is 0.257 e. The predicted octanol–water partition coefficient (Wildman–Crippen LogP) is 5.24. The number of nitrogens with zero attached hydrogens (tertiary/aromatic N) is 2. The number of fused-ring (bicyclic) bond motifs is 1. The van der Waals surface area contributed by atoms with Crippen LogP contribution in [0, 0.1) is 13.8 Å². The molecule has 1 heterocycles. The first-order valence-corrected chi connectivity index (χ1v) is 9.07. The molecule has 3 aromatic carbocycles. The molecule has 0 aliphatic carbocycles. The van der Waals surface area contributed by atoms with E-state index in [1.54, 1.807) is 6.07 Å². The van der Waals surface area contributed by atoms with E-state index in [1.807, 2.05) is 80.6 Å². The summed E-state index contributed by atoms with van der Waals surface area (Å²) in [4.78, 5) is 21.8. The van der Waals surface area contributed by atoms with E-state index in [1.165, 1.54) is 0 Å². The van der Waals surface area contributed by atoms with Gasteiger partial charge in [0, 0.05) is 22.5 Å². The Morgan fingerprint density at radius 3 is 2.25 bits per heavy atom. The monoisotopic (exact) mass is 368 g/mol. The van der Waals surface area contributed by atoms with Crippen molar-refractivity contribution in [2.75, 3.05) is 10.6 Å². The number of carbonyl (C=O) groups is 1. The highest BCUT2D eigenvalue weighted by molar-refractivity contribution is 6.11. The van der Waals surface area contributed by atoms with Crippen LogP contribution in [0.1, 0.15) is 21.7 Å². The van der Waals surface area contributed by atoms with Crippen molar-refractivity contribution in [1.82, 2.24) is 9.97 Å². The van der Waals surface area contributed by atoms with Crippen LogP contribution in [0.15, 0.2) is 72.8 Å². The third-order valence-corrected chi connectivity index (χ3v) is 4.44. The molecule has 0 aliphatic heterocycles. The van der Waals surface area contributed by atoms with Crippen LogP contribution in [0.25, 0.3) is 10.8 Å². The molecule has 0 spiro atoms. The van der Waals surface area contributed by atoms with Gasteiger partial charge in [-0.2, -0.15) is 0 Å². The second-order valence-electron chi connectivity index (χ2n) is 6.63. The molecule has 0 aliphatic rings. The van der Waals surface area contributed by atoms with Gasteiger partial charge in [-0.15, -0.1) is 0 Å². The van der Waals surface area contributed by atoms with E-state index < -0.39 is 0 Å². The minimum absolute atomic E-state index is 0.191. The van der Waals surface area contributed by atoms with Gasteiger partial charge in [-0.25, -0.2) is 9.97 Å². The molecule has 0 atom stereocenters. The zero-order valence-corrected chi connectivity index (χ0v) is 15.7. The second-order valence-corrected chi connectivity index (χ2v) is 6.63. The zero-order chi connectivity index (χ0) is 19.5. The highest BCUT2D eigenvalue weighted by Crippen LogP contribution is 2.25. The Morgan fingerprint density at radius 1 is 0.786 bits per heavy atom. The van der Waals surface area contributed by atoms with E-state index in [0.717, 1.165) is 27.8 Å². The number of rotatable bonds is 4. The van der Waals surface area contributed by atoms with E-state index in [2.05, 4.69) is 20.6 Å². The normalized spacial score (nSPS) is 10.6. The van der Waals surface area contributed by atoms with E-state index in [4.69, 9.17) is 0 Å². The average molecular weight is 368 g/mol. The molecule has 5 nitrogen and oxygen atoms in total. The molecule has 2 N–H and O–H groups in total. The summed E-state index contributed by atoms with van der Waals surface area (Å²) in [5.41, 5.74) is 3.70. The first kappa shape index (κ1) is 17.7. The van der Waals surface area contributed by atoms with Crippen LogP contribution >= 0.6 is 0 Å². The first-order chi connectivity index (χ1) is 13.6. The number of para-hydroxylation sites is 1. The molecule has 1 amide bonds. The van der Waals surface area contributed by atoms with E-state index in [-0.39, 0.29) is 5.91 Å². The largest absolute Gasteiger partial charge is 0.323 e. The minimum atomic E-state index is -0.191. The molecular weight excluding hydrogens is 348 g/mol. The first-order valence-electron chi connectivity index (χ1n) is 9.07.